The fraction of sp³-hybridized carbons (Fsp3) is 0.241. The van der Waals surface area contributed by atoms with E-state index in [-0.39, 0.29) is 12.5 Å². The molecule has 0 atom stereocenters. The number of nitrogens with zero attached hydrogens (tertiary/aromatic N) is 1. The van der Waals surface area contributed by atoms with Gasteiger partial charge in [0.2, 0.25) is 0 Å². The van der Waals surface area contributed by atoms with Crippen LogP contribution < -0.4 is 25.5 Å². The Hall–Kier alpha value is -4.18. The molecule has 0 unspecified atom stereocenters. The van der Waals surface area contributed by atoms with Crippen molar-refractivity contribution in [3.63, 3.8) is 0 Å². The smallest absolute Gasteiger partial charge is 0.329 e. The number of carbonyl (C=O) groups excluding carboxylic acids is 3. The van der Waals surface area contributed by atoms with Crippen molar-refractivity contribution in [2.24, 2.45) is 5.10 Å². The van der Waals surface area contributed by atoms with Crippen LogP contribution in [0.3, 0.4) is 0 Å². The van der Waals surface area contributed by atoms with Gasteiger partial charge in [0.25, 0.3) is 5.91 Å². The van der Waals surface area contributed by atoms with E-state index in [0.29, 0.717) is 39.5 Å². The van der Waals surface area contributed by atoms with E-state index >= 15 is 0 Å². The van der Waals surface area contributed by atoms with E-state index in [1.54, 1.807) is 24.3 Å². The molecular formula is C29H31BrN4O5. The Morgan fingerprint density at radius 1 is 0.846 bits per heavy atom. The number of amides is 3. The SMILES string of the molecule is CCOc1cc(C=NNC(=O)C(=O)Nc2ccc(C)c(C)c2)cc(Br)c1OCC(=O)Nc1cc(C)cc(C)c1. The van der Waals surface area contributed by atoms with Gasteiger partial charge in [0.15, 0.2) is 18.1 Å². The lowest BCUT2D eigenvalue weighted by molar-refractivity contribution is -0.136. The number of halogens is 1. The van der Waals surface area contributed by atoms with E-state index < -0.39 is 11.8 Å². The monoisotopic (exact) mass is 594 g/mol. The number of ether oxygens (including phenoxy) is 2. The largest absolute Gasteiger partial charge is 0.490 e. The first-order valence-corrected chi connectivity index (χ1v) is 13.0. The first kappa shape index (κ1) is 29.4. The van der Waals surface area contributed by atoms with Crippen molar-refractivity contribution < 1.29 is 23.9 Å². The van der Waals surface area contributed by atoms with E-state index in [0.717, 1.165) is 22.3 Å². The van der Waals surface area contributed by atoms with Gasteiger partial charge >= 0.3 is 11.8 Å². The summed E-state index contributed by atoms with van der Waals surface area (Å²) in [6.07, 6.45) is 1.37. The first-order chi connectivity index (χ1) is 18.5. The molecule has 0 saturated heterocycles. The summed E-state index contributed by atoms with van der Waals surface area (Å²) in [4.78, 5) is 36.8. The second kappa shape index (κ2) is 13.6. The molecule has 3 rings (SSSR count). The molecule has 0 spiro atoms. The first-order valence-electron chi connectivity index (χ1n) is 12.2. The van der Waals surface area contributed by atoms with Gasteiger partial charge in [-0.05, 0) is 115 Å². The lowest BCUT2D eigenvalue weighted by Gasteiger charge is -2.15. The Bertz CT molecular complexity index is 1400. The standard InChI is InChI=1S/C29H31BrN4O5/c1-6-38-25-14-21(15-31-34-29(37)28(36)33-22-8-7-19(4)20(5)12-22)13-24(30)27(25)39-16-26(35)32-23-10-17(2)9-18(3)11-23/h7-15H,6,16H2,1-5H3,(H,32,35)(H,33,36)(H,34,37). The van der Waals surface area contributed by atoms with Crippen LogP contribution in [0.2, 0.25) is 0 Å². The zero-order valence-corrected chi connectivity index (χ0v) is 24.1. The number of hydrogen-bond donors (Lipinski definition) is 3. The molecule has 0 bridgehead atoms. The van der Waals surface area contributed by atoms with Gasteiger partial charge in [0, 0.05) is 11.4 Å². The van der Waals surface area contributed by atoms with Gasteiger partial charge in [-0.15, -0.1) is 0 Å². The molecule has 0 heterocycles. The van der Waals surface area contributed by atoms with Crippen LogP contribution in [0.15, 0.2) is 58.1 Å². The van der Waals surface area contributed by atoms with Crippen molar-refractivity contribution in [1.29, 1.82) is 0 Å². The number of hydrogen-bond acceptors (Lipinski definition) is 6. The van der Waals surface area contributed by atoms with E-state index in [9.17, 15) is 14.4 Å². The Labute approximate surface area is 236 Å². The summed E-state index contributed by atoms with van der Waals surface area (Å²) in [6.45, 7) is 9.74. The fourth-order valence-corrected chi connectivity index (χ4v) is 4.24. The van der Waals surface area contributed by atoms with Gasteiger partial charge in [-0.3, -0.25) is 14.4 Å². The number of rotatable bonds is 9. The predicted molar refractivity (Wildman–Crippen MR) is 156 cm³/mol. The number of carbonyl (C=O) groups is 3. The van der Waals surface area contributed by atoms with Crippen LogP contribution in [-0.2, 0) is 14.4 Å². The molecule has 0 radical (unpaired) electrons. The van der Waals surface area contributed by atoms with Crippen LogP contribution in [0.4, 0.5) is 11.4 Å². The highest BCUT2D eigenvalue weighted by atomic mass is 79.9. The lowest BCUT2D eigenvalue weighted by atomic mass is 10.1. The molecule has 0 saturated carbocycles. The van der Waals surface area contributed by atoms with Gasteiger partial charge in [0.05, 0.1) is 17.3 Å². The van der Waals surface area contributed by atoms with Gasteiger partial charge in [-0.25, -0.2) is 5.43 Å². The van der Waals surface area contributed by atoms with Crippen LogP contribution in [-0.4, -0.2) is 37.1 Å². The molecule has 0 aliphatic heterocycles. The lowest BCUT2D eigenvalue weighted by Crippen LogP contribution is -2.32. The number of nitrogens with one attached hydrogen (secondary N) is 3. The molecule has 10 heteroatoms. The molecule has 3 amide bonds. The maximum Gasteiger partial charge on any atom is 0.329 e. The van der Waals surface area contributed by atoms with Gasteiger partial charge in [-0.1, -0.05) is 12.1 Å². The molecule has 0 aromatic heterocycles. The zero-order valence-electron chi connectivity index (χ0n) is 22.5. The minimum absolute atomic E-state index is 0.231. The number of hydrazone groups is 1. The quantitative estimate of drug-likeness (QED) is 0.179. The van der Waals surface area contributed by atoms with Gasteiger partial charge in [-0.2, -0.15) is 5.10 Å². The number of aryl methyl sites for hydroxylation is 4. The third kappa shape index (κ3) is 8.68. The molecule has 3 N–H and O–H groups in total. The minimum atomic E-state index is -0.914. The highest BCUT2D eigenvalue weighted by Crippen LogP contribution is 2.36. The third-order valence-corrected chi connectivity index (χ3v) is 6.12. The van der Waals surface area contributed by atoms with Crippen LogP contribution in [0, 0.1) is 27.7 Å². The minimum Gasteiger partial charge on any atom is -0.490 e. The molecule has 204 valence electrons. The Balaban J connectivity index is 1.62. The van der Waals surface area contributed by atoms with Crippen LogP contribution in [0.1, 0.15) is 34.7 Å². The van der Waals surface area contributed by atoms with Crippen molar-refractivity contribution in [2.45, 2.75) is 34.6 Å². The van der Waals surface area contributed by atoms with E-state index in [4.69, 9.17) is 9.47 Å². The summed E-state index contributed by atoms with van der Waals surface area (Å²) in [6, 6.07) is 14.5. The molecule has 9 nitrogen and oxygen atoms in total. The molecular weight excluding hydrogens is 564 g/mol. The van der Waals surface area contributed by atoms with Gasteiger partial charge in [0.1, 0.15) is 0 Å². The average Bonchev–Trinajstić information content (AvgIpc) is 2.85. The van der Waals surface area contributed by atoms with Crippen molar-refractivity contribution in [2.75, 3.05) is 23.8 Å². The van der Waals surface area contributed by atoms with Crippen molar-refractivity contribution in [1.82, 2.24) is 5.43 Å². The normalized spacial score (nSPS) is 10.7. The van der Waals surface area contributed by atoms with Crippen molar-refractivity contribution in [3.8, 4) is 11.5 Å². The molecule has 0 aliphatic carbocycles. The summed E-state index contributed by atoms with van der Waals surface area (Å²) in [5, 5.41) is 9.25. The highest BCUT2D eigenvalue weighted by Gasteiger charge is 2.15. The molecule has 3 aromatic carbocycles. The van der Waals surface area contributed by atoms with Crippen LogP contribution in [0.5, 0.6) is 11.5 Å². The number of benzene rings is 3. The molecule has 3 aromatic rings. The Morgan fingerprint density at radius 3 is 2.23 bits per heavy atom. The summed E-state index contributed by atoms with van der Waals surface area (Å²) in [7, 11) is 0. The Morgan fingerprint density at radius 2 is 1.56 bits per heavy atom. The van der Waals surface area contributed by atoms with Gasteiger partial charge < -0.3 is 20.1 Å². The number of anilines is 2. The third-order valence-electron chi connectivity index (χ3n) is 5.54. The zero-order chi connectivity index (χ0) is 28.5. The molecule has 0 fully saturated rings. The predicted octanol–water partition coefficient (Wildman–Crippen LogP) is 5.19. The fourth-order valence-electron chi connectivity index (χ4n) is 3.67. The second-order valence-electron chi connectivity index (χ2n) is 8.93. The summed E-state index contributed by atoms with van der Waals surface area (Å²) < 4.78 is 12.0. The van der Waals surface area contributed by atoms with E-state index in [1.807, 2.05) is 58.9 Å². The summed E-state index contributed by atoms with van der Waals surface area (Å²) in [5.74, 6) is -1.34. The Kier molecular flexibility index (Phi) is 10.2. The maximum atomic E-state index is 12.5. The van der Waals surface area contributed by atoms with Crippen molar-refractivity contribution in [3.05, 3.63) is 80.8 Å². The maximum absolute atomic E-state index is 12.5. The highest BCUT2D eigenvalue weighted by molar-refractivity contribution is 9.10. The average molecular weight is 595 g/mol. The summed E-state index contributed by atoms with van der Waals surface area (Å²) in [5.41, 5.74) is 8.16. The topological polar surface area (TPSA) is 118 Å². The van der Waals surface area contributed by atoms with Crippen LogP contribution in [0.25, 0.3) is 0 Å². The van der Waals surface area contributed by atoms with E-state index in [1.165, 1.54) is 6.21 Å². The molecule has 0 aliphatic rings. The molecule has 39 heavy (non-hydrogen) atoms. The summed E-state index contributed by atoms with van der Waals surface area (Å²) >= 11 is 3.45. The van der Waals surface area contributed by atoms with Crippen LogP contribution >= 0.6 is 15.9 Å². The van der Waals surface area contributed by atoms with E-state index in [2.05, 4.69) is 37.1 Å². The second-order valence-corrected chi connectivity index (χ2v) is 9.78. The van der Waals surface area contributed by atoms with Crippen molar-refractivity contribution >= 4 is 51.2 Å².